The molecule has 0 saturated carbocycles. The zero-order chi connectivity index (χ0) is 20.7. The molecule has 0 radical (unpaired) electrons. The molecular weight excluding hydrogens is 376 g/mol. The van der Waals surface area contributed by atoms with E-state index in [0.29, 0.717) is 6.23 Å². The molecule has 0 heterocycles. The molecule has 29 heavy (non-hydrogen) atoms. The number of hydrogen-bond donors (Lipinski definition) is 0. The Morgan fingerprint density at radius 2 is 1.28 bits per heavy atom. The lowest BCUT2D eigenvalue weighted by atomic mass is 9.99. The molecule has 0 saturated heterocycles. The molecule has 0 spiro atoms. The van der Waals surface area contributed by atoms with Gasteiger partial charge in [0.15, 0.2) is 0 Å². The van der Waals surface area contributed by atoms with E-state index >= 15 is 0 Å². The molecule has 4 heteroatoms. The molecule has 0 aliphatic rings. The van der Waals surface area contributed by atoms with Crippen LogP contribution in [0.3, 0.4) is 0 Å². The first-order chi connectivity index (χ1) is 14.0. The minimum absolute atomic E-state index is 0.344. The van der Waals surface area contributed by atoms with Crippen LogP contribution >= 0.6 is 0 Å². The molecule has 0 aromatic heterocycles. The predicted molar refractivity (Wildman–Crippen MR) is 122 cm³/mol. The highest BCUT2D eigenvalue weighted by Crippen LogP contribution is 2.25. The summed E-state index contributed by atoms with van der Waals surface area (Å²) in [4.78, 5) is 11.9. The Hall–Kier alpha value is -2.95. The molecule has 0 bridgehead atoms. The second-order valence-corrected chi connectivity index (χ2v) is 11.7. The SMILES string of the molecule is CO[Si](C)(C)COC(=O)/C=C/c1ccc(-c2ccc(-c3ccccc3)cc2)cc1. The Bertz CT molecular complexity index is 959. The number of ether oxygens (including phenoxy) is 1. The van der Waals surface area contributed by atoms with E-state index in [1.165, 1.54) is 17.2 Å². The topological polar surface area (TPSA) is 35.5 Å². The van der Waals surface area contributed by atoms with Crippen molar-refractivity contribution in [2.45, 2.75) is 13.1 Å². The fourth-order valence-corrected chi connectivity index (χ4v) is 3.40. The van der Waals surface area contributed by atoms with Crippen molar-refractivity contribution in [3.8, 4) is 22.3 Å². The third kappa shape index (κ3) is 6.01. The summed E-state index contributed by atoms with van der Waals surface area (Å²) in [5, 5.41) is 0. The first-order valence-corrected chi connectivity index (χ1v) is 12.7. The Kier molecular flexibility index (Phi) is 6.80. The minimum atomic E-state index is -1.90. The fraction of sp³-hybridized carbons (Fsp3) is 0.160. The number of hydrogen-bond acceptors (Lipinski definition) is 3. The average Bonchev–Trinajstić information content (AvgIpc) is 2.77. The lowest BCUT2D eigenvalue weighted by Crippen LogP contribution is -2.36. The van der Waals surface area contributed by atoms with Gasteiger partial charge >= 0.3 is 5.97 Å². The molecule has 0 unspecified atom stereocenters. The highest BCUT2D eigenvalue weighted by molar-refractivity contribution is 6.71. The molecule has 0 N–H and O–H groups in total. The predicted octanol–water partition coefficient (Wildman–Crippen LogP) is 5.97. The van der Waals surface area contributed by atoms with Crippen molar-refractivity contribution in [3.63, 3.8) is 0 Å². The third-order valence-electron chi connectivity index (χ3n) is 4.76. The standard InChI is InChI=1S/C25H26O3Si/c1-27-29(2,3)19-28-25(26)18-11-20-9-12-22(13-10-20)24-16-14-23(15-17-24)21-7-5-4-6-8-21/h4-18H,19H2,1-3H3/b18-11+. The smallest absolute Gasteiger partial charge is 0.330 e. The Balaban J connectivity index is 1.62. The normalized spacial score (nSPS) is 11.6. The van der Waals surface area contributed by atoms with Crippen molar-refractivity contribution in [2.24, 2.45) is 0 Å². The molecular formula is C25H26O3Si. The van der Waals surface area contributed by atoms with Crippen molar-refractivity contribution in [1.82, 2.24) is 0 Å². The maximum absolute atomic E-state index is 11.9. The zero-order valence-electron chi connectivity index (χ0n) is 17.1. The van der Waals surface area contributed by atoms with Crippen molar-refractivity contribution in [3.05, 3.63) is 90.5 Å². The Labute approximate surface area is 173 Å². The molecule has 0 fully saturated rings. The summed E-state index contributed by atoms with van der Waals surface area (Å²) in [7, 11) is -0.237. The summed E-state index contributed by atoms with van der Waals surface area (Å²) in [5.74, 6) is -0.344. The fourth-order valence-electron chi connectivity index (χ4n) is 2.79. The van der Waals surface area contributed by atoms with E-state index in [0.717, 1.165) is 16.7 Å². The van der Waals surface area contributed by atoms with Crippen molar-refractivity contribution in [2.75, 3.05) is 13.3 Å². The van der Waals surface area contributed by atoms with E-state index in [9.17, 15) is 4.79 Å². The number of carbonyl (C=O) groups is 1. The van der Waals surface area contributed by atoms with Gasteiger partial charge in [-0.05, 0) is 47.0 Å². The van der Waals surface area contributed by atoms with Gasteiger partial charge in [-0.3, -0.25) is 0 Å². The van der Waals surface area contributed by atoms with Gasteiger partial charge in [-0.25, -0.2) is 4.79 Å². The summed E-state index contributed by atoms with van der Waals surface area (Å²) in [6.07, 6.45) is 3.58. The van der Waals surface area contributed by atoms with E-state index in [1.807, 2.05) is 43.4 Å². The minimum Gasteiger partial charge on any atom is -0.463 e. The summed E-state index contributed by atoms with van der Waals surface area (Å²) in [5.41, 5.74) is 5.66. The molecule has 3 aromatic rings. The average molecular weight is 403 g/mol. The van der Waals surface area contributed by atoms with Crippen molar-refractivity contribution < 1.29 is 14.0 Å². The number of esters is 1. The number of benzene rings is 3. The monoisotopic (exact) mass is 402 g/mol. The zero-order valence-corrected chi connectivity index (χ0v) is 18.1. The van der Waals surface area contributed by atoms with Crippen molar-refractivity contribution >= 4 is 20.4 Å². The van der Waals surface area contributed by atoms with E-state index in [4.69, 9.17) is 9.16 Å². The van der Waals surface area contributed by atoms with Crippen LogP contribution in [-0.4, -0.2) is 27.6 Å². The lowest BCUT2D eigenvalue weighted by molar-refractivity contribution is -0.136. The maximum Gasteiger partial charge on any atom is 0.330 e. The maximum atomic E-state index is 11.9. The third-order valence-corrected chi connectivity index (χ3v) is 6.71. The summed E-state index contributed by atoms with van der Waals surface area (Å²) < 4.78 is 10.6. The molecule has 0 aliphatic carbocycles. The van der Waals surface area contributed by atoms with Crippen LogP contribution in [0.15, 0.2) is 84.9 Å². The van der Waals surface area contributed by atoms with Gasteiger partial charge in [0.25, 0.3) is 0 Å². The van der Waals surface area contributed by atoms with Gasteiger partial charge < -0.3 is 9.16 Å². The quantitative estimate of drug-likeness (QED) is 0.277. The van der Waals surface area contributed by atoms with E-state index in [1.54, 1.807) is 13.2 Å². The Morgan fingerprint density at radius 1 is 0.793 bits per heavy atom. The van der Waals surface area contributed by atoms with Crippen LogP contribution in [0.1, 0.15) is 5.56 Å². The van der Waals surface area contributed by atoms with Crippen LogP contribution in [-0.2, 0) is 14.0 Å². The van der Waals surface area contributed by atoms with E-state index in [2.05, 4.69) is 48.5 Å². The van der Waals surface area contributed by atoms with Gasteiger partial charge in [0.05, 0.1) is 0 Å². The number of carbonyl (C=O) groups excluding carboxylic acids is 1. The second kappa shape index (κ2) is 9.50. The summed E-state index contributed by atoms with van der Waals surface area (Å²) in [6, 6.07) is 27.0. The highest BCUT2D eigenvalue weighted by atomic mass is 28.4. The number of rotatable bonds is 7. The molecule has 0 amide bonds. The van der Waals surface area contributed by atoms with E-state index < -0.39 is 8.32 Å². The first-order valence-electron chi connectivity index (χ1n) is 9.63. The summed E-state index contributed by atoms with van der Waals surface area (Å²) in [6.45, 7) is 4.02. The van der Waals surface area contributed by atoms with Gasteiger partial charge in [-0.1, -0.05) is 78.9 Å². The first kappa shape index (κ1) is 20.8. The van der Waals surface area contributed by atoms with Gasteiger partial charge in [0.1, 0.15) is 6.23 Å². The largest absolute Gasteiger partial charge is 0.463 e. The van der Waals surface area contributed by atoms with Gasteiger partial charge in [0.2, 0.25) is 8.32 Å². The van der Waals surface area contributed by atoms with Gasteiger partial charge in [0, 0.05) is 13.2 Å². The summed E-state index contributed by atoms with van der Waals surface area (Å²) >= 11 is 0. The van der Waals surface area contributed by atoms with Crippen LogP contribution in [0.4, 0.5) is 0 Å². The lowest BCUT2D eigenvalue weighted by Gasteiger charge is -2.18. The van der Waals surface area contributed by atoms with Crippen LogP contribution < -0.4 is 0 Å². The molecule has 0 atom stereocenters. The van der Waals surface area contributed by atoms with Crippen LogP contribution in [0.5, 0.6) is 0 Å². The van der Waals surface area contributed by atoms with Gasteiger partial charge in [-0.15, -0.1) is 0 Å². The van der Waals surface area contributed by atoms with Crippen LogP contribution in [0.25, 0.3) is 28.3 Å². The van der Waals surface area contributed by atoms with Crippen LogP contribution in [0.2, 0.25) is 13.1 Å². The van der Waals surface area contributed by atoms with E-state index in [-0.39, 0.29) is 5.97 Å². The molecule has 3 nitrogen and oxygen atoms in total. The Morgan fingerprint density at radius 3 is 1.79 bits per heavy atom. The van der Waals surface area contributed by atoms with Gasteiger partial charge in [-0.2, -0.15) is 0 Å². The molecule has 3 rings (SSSR count). The molecule has 148 valence electrons. The molecule has 3 aromatic carbocycles. The second-order valence-electron chi connectivity index (χ2n) is 7.47. The highest BCUT2D eigenvalue weighted by Gasteiger charge is 2.22. The van der Waals surface area contributed by atoms with Crippen LogP contribution in [0, 0.1) is 0 Å². The van der Waals surface area contributed by atoms with Crippen molar-refractivity contribution in [1.29, 1.82) is 0 Å². The molecule has 0 aliphatic heterocycles.